The first-order chi connectivity index (χ1) is 16.0. The fourth-order valence-corrected chi connectivity index (χ4v) is 3.02. The Kier molecular flexibility index (Phi) is 12.1. The zero-order valence-corrected chi connectivity index (χ0v) is 19.5. The Bertz CT molecular complexity index is 856. The minimum absolute atomic E-state index is 0.0492. The third kappa shape index (κ3) is 10.8. The highest BCUT2D eigenvalue weighted by Crippen LogP contribution is 2.07. The second kappa shape index (κ2) is 14.5. The Hall–Kier alpha value is -3.67. The Morgan fingerprint density at radius 1 is 1.03 bits per heavy atom. The van der Waals surface area contributed by atoms with E-state index in [0.29, 0.717) is 19.4 Å². The van der Waals surface area contributed by atoms with Crippen molar-refractivity contribution in [3.8, 4) is 0 Å². The first kappa shape index (κ1) is 28.4. The largest absolute Gasteiger partial charge is 0.480 e. The van der Waals surface area contributed by atoms with Crippen LogP contribution in [0.3, 0.4) is 0 Å². The number of guanidine groups is 1. The molecule has 0 heterocycles. The van der Waals surface area contributed by atoms with Crippen LogP contribution in [0.5, 0.6) is 0 Å². The van der Waals surface area contributed by atoms with Gasteiger partial charge in [0.2, 0.25) is 17.7 Å². The van der Waals surface area contributed by atoms with Crippen molar-refractivity contribution in [1.29, 1.82) is 0 Å². The molecule has 3 amide bonds. The van der Waals surface area contributed by atoms with Gasteiger partial charge in [0.15, 0.2) is 5.96 Å². The topological polar surface area (TPSA) is 215 Å². The number of hydrogen-bond donors (Lipinski definition) is 7. The van der Waals surface area contributed by atoms with E-state index in [1.165, 1.54) is 0 Å². The van der Waals surface area contributed by atoms with Gasteiger partial charge in [-0.25, -0.2) is 4.79 Å². The van der Waals surface area contributed by atoms with Crippen molar-refractivity contribution in [3.63, 3.8) is 0 Å². The number of rotatable bonds is 14. The molecule has 3 unspecified atom stereocenters. The quantitative estimate of drug-likeness (QED) is 0.0942. The van der Waals surface area contributed by atoms with E-state index >= 15 is 0 Å². The van der Waals surface area contributed by atoms with E-state index < -0.39 is 48.4 Å². The number of benzene rings is 1. The van der Waals surface area contributed by atoms with E-state index in [1.54, 1.807) is 38.1 Å². The minimum Gasteiger partial charge on any atom is -0.480 e. The summed E-state index contributed by atoms with van der Waals surface area (Å²) >= 11 is 0. The monoisotopic (exact) mass is 477 g/mol. The van der Waals surface area contributed by atoms with Crippen LogP contribution in [0.25, 0.3) is 0 Å². The number of hydrogen-bond acceptors (Lipinski definition) is 6. The summed E-state index contributed by atoms with van der Waals surface area (Å²) in [7, 11) is 0. The van der Waals surface area contributed by atoms with E-state index in [-0.39, 0.29) is 18.3 Å². The molecule has 0 fully saturated rings. The van der Waals surface area contributed by atoms with Gasteiger partial charge in [-0.2, -0.15) is 0 Å². The van der Waals surface area contributed by atoms with E-state index in [0.717, 1.165) is 5.56 Å². The molecule has 0 aliphatic rings. The van der Waals surface area contributed by atoms with Crippen LogP contribution in [-0.4, -0.2) is 66.0 Å². The fraction of sp³-hybridized carbons (Fsp3) is 0.500. The van der Waals surface area contributed by atoms with Crippen molar-refractivity contribution in [2.24, 2.45) is 28.1 Å². The van der Waals surface area contributed by atoms with Crippen LogP contribution < -0.4 is 33.2 Å². The molecule has 12 nitrogen and oxygen atoms in total. The third-order valence-electron chi connectivity index (χ3n) is 4.89. The lowest BCUT2D eigenvalue weighted by molar-refractivity contribution is -0.143. The van der Waals surface area contributed by atoms with Crippen molar-refractivity contribution in [2.75, 3.05) is 13.1 Å². The second-order valence-electron chi connectivity index (χ2n) is 8.15. The number of aliphatic imine (C=N–C) groups is 1. The average molecular weight is 478 g/mol. The smallest absolute Gasteiger partial charge is 0.326 e. The maximum atomic E-state index is 12.8. The van der Waals surface area contributed by atoms with Crippen molar-refractivity contribution < 1.29 is 24.3 Å². The van der Waals surface area contributed by atoms with Gasteiger partial charge in [-0.3, -0.25) is 19.4 Å². The lowest BCUT2D eigenvalue weighted by atomic mass is 10.0. The van der Waals surface area contributed by atoms with Crippen molar-refractivity contribution in [1.82, 2.24) is 16.0 Å². The summed E-state index contributed by atoms with van der Waals surface area (Å²) in [6.45, 7) is 3.26. The average Bonchev–Trinajstić information content (AvgIpc) is 2.77. The zero-order valence-electron chi connectivity index (χ0n) is 19.5. The van der Waals surface area contributed by atoms with E-state index in [4.69, 9.17) is 17.2 Å². The maximum absolute atomic E-state index is 12.8. The van der Waals surface area contributed by atoms with Crippen molar-refractivity contribution in [2.45, 2.75) is 51.2 Å². The number of nitrogens with zero attached hydrogens (tertiary/aromatic N) is 1. The molecule has 10 N–H and O–H groups in total. The van der Waals surface area contributed by atoms with E-state index in [9.17, 15) is 24.3 Å². The molecule has 0 aliphatic heterocycles. The molecule has 12 heteroatoms. The molecule has 3 atom stereocenters. The standard InChI is InChI=1S/C22H35N7O5/c1-13(2)18(21(33)34)29-20(32)16(11-14-7-4-3-5-8-14)28-17(30)12-27-19(31)15(23)9-6-10-26-22(24)25/h3-5,7-8,13,15-16,18H,6,9-12,23H2,1-2H3,(H,27,31)(H,28,30)(H,29,32)(H,33,34)(H4,24,25,26). The Balaban J connectivity index is 2.72. The number of carbonyl (C=O) groups is 4. The maximum Gasteiger partial charge on any atom is 0.326 e. The fourth-order valence-electron chi connectivity index (χ4n) is 3.02. The minimum atomic E-state index is -1.17. The summed E-state index contributed by atoms with van der Waals surface area (Å²) in [6.07, 6.45) is 0.939. The Morgan fingerprint density at radius 3 is 2.24 bits per heavy atom. The summed E-state index contributed by atoms with van der Waals surface area (Å²) in [5.41, 5.74) is 17.0. The molecule has 1 aromatic carbocycles. The first-order valence-electron chi connectivity index (χ1n) is 11.0. The molecule has 0 saturated heterocycles. The summed E-state index contributed by atoms with van der Waals surface area (Å²) in [5, 5.41) is 16.8. The number of nitrogens with one attached hydrogen (secondary N) is 3. The lowest BCUT2D eigenvalue weighted by Crippen LogP contribution is -2.55. The van der Waals surface area contributed by atoms with Crippen LogP contribution in [0.4, 0.5) is 0 Å². The van der Waals surface area contributed by atoms with Crippen LogP contribution in [-0.2, 0) is 25.6 Å². The van der Waals surface area contributed by atoms with Crippen LogP contribution in [0, 0.1) is 5.92 Å². The Morgan fingerprint density at radius 2 is 1.68 bits per heavy atom. The highest BCUT2D eigenvalue weighted by molar-refractivity contribution is 5.92. The summed E-state index contributed by atoms with van der Waals surface area (Å²) in [5.74, 6) is -3.37. The van der Waals surface area contributed by atoms with Gasteiger partial charge < -0.3 is 38.3 Å². The van der Waals surface area contributed by atoms with Crippen LogP contribution in [0.15, 0.2) is 35.3 Å². The van der Waals surface area contributed by atoms with Gasteiger partial charge in [-0.15, -0.1) is 0 Å². The van der Waals surface area contributed by atoms with Gasteiger partial charge in [0, 0.05) is 13.0 Å². The van der Waals surface area contributed by atoms with Gasteiger partial charge in [0.05, 0.1) is 12.6 Å². The van der Waals surface area contributed by atoms with Crippen LogP contribution >= 0.6 is 0 Å². The number of nitrogens with two attached hydrogens (primary N) is 3. The molecule has 0 spiro atoms. The van der Waals surface area contributed by atoms with Gasteiger partial charge in [-0.1, -0.05) is 44.2 Å². The molecular weight excluding hydrogens is 442 g/mol. The van der Waals surface area contributed by atoms with E-state index in [1.807, 2.05) is 6.07 Å². The highest BCUT2D eigenvalue weighted by Gasteiger charge is 2.28. The summed E-state index contributed by atoms with van der Waals surface area (Å²) in [4.78, 5) is 52.7. The van der Waals surface area contributed by atoms with E-state index in [2.05, 4.69) is 20.9 Å². The van der Waals surface area contributed by atoms with Gasteiger partial charge in [0.1, 0.15) is 12.1 Å². The molecule has 188 valence electrons. The van der Waals surface area contributed by atoms with Gasteiger partial charge >= 0.3 is 5.97 Å². The number of carbonyl (C=O) groups excluding carboxylic acids is 3. The third-order valence-corrected chi connectivity index (χ3v) is 4.89. The molecule has 0 bridgehead atoms. The molecule has 1 rings (SSSR count). The normalized spacial score (nSPS) is 13.3. The zero-order chi connectivity index (χ0) is 25.7. The second-order valence-corrected chi connectivity index (χ2v) is 8.15. The highest BCUT2D eigenvalue weighted by atomic mass is 16.4. The predicted octanol–water partition coefficient (Wildman–Crippen LogP) is -1.56. The molecule has 0 saturated carbocycles. The first-order valence-corrected chi connectivity index (χ1v) is 11.0. The Labute approximate surface area is 198 Å². The van der Waals surface area contributed by atoms with Crippen molar-refractivity contribution >= 4 is 29.7 Å². The number of amides is 3. The number of aliphatic carboxylic acids is 1. The van der Waals surface area contributed by atoms with Gasteiger partial charge in [-0.05, 0) is 24.3 Å². The summed E-state index contributed by atoms with van der Waals surface area (Å²) in [6, 6.07) is 5.95. The molecule has 0 aromatic heterocycles. The number of carboxylic acids is 1. The molecular formula is C22H35N7O5. The molecule has 1 aromatic rings. The molecule has 0 radical (unpaired) electrons. The number of carboxylic acid groups (broad SMARTS) is 1. The predicted molar refractivity (Wildman–Crippen MR) is 127 cm³/mol. The molecule has 34 heavy (non-hydrogen) atoms. The van der Waals surface area contributed by atoms with Gasteiger partial charge in [0.25, 0.3) is 0 Å². The SMILES string of the molecule is CC(C)C(NC(=O)C(Cc1ccccc1)NC(=O)CNC(=O)C(N)CCCN=C(N)N)C(=O)O. The van der Waals surface area contributed by atoms with Crippen molar-refractivity contribution in [3.05, 3.63) is 35.9 Å². The van der Waals surface area contributed by atoms with Crippen LogP contribution in [0.1, 0.15) is 32.3 Å². The summed E-state index contributed by atoms with van der Waals surface area (Å²) < 4.78 is 0. The van der Waals surface area contributed by atoms with Crippen LogP contribution in [0.2, 0.25) is 0 Å². The molecule has 0 aliphatic carbocycles. The lowest BCUT2D eigenvalue weighted by Gasteiger charge is -2.23.